The van der Waals surface area contributed by atoms with Crippen molar-refractivity contribution >= 4 is 17.2 Å². The third-order valence-corrected chi connectivity index (χ3v) is 2.65. The molecule has 0 saturated carbocycles. The van der Waals surface area contributed by atoms with Gasteiger partial charge in [0, 0.05) is 12.0 Å². The summed E-state index contributed by atoms with van der Waals surface area (Å²) in [7, 11) is 0. The summed E-state index contributed by atoms with van der Waals surface area (Å²) in [6.45, 7) is 0. The molecule has 0 aliphatic heterocycles. The number of benzene rings is 2. The van der Waals surface area contributed by atoms with Crippen LogP contribution in [0.2, 0.25) is 0 Å². The second-order valence-electron chi connectivity index (χ2n) is 3.89. The second kappa shape index (κ2) is 4.70. The minimum absolute atomic E-state index is 0.0130. The Labute approximate surface area is 100 Å². The van der Waals surface area contributed by atoms with E-state index in [1.165, 1.54) is 0 Å². The van der Waals surface area contributed by atoms with Crippen LogP contribution in [0.3, 0.4) is 0 Å². The van der Waals surface area contributed by atoms with Crippen LogP contribution >= 0.6 is 0 Å². The highest BCUT2D eigenvalue weighted by Crippen LogP contribution is 2.21. The molecule has 3 heteroatoms. The molecule has 0 fully saturated rings. The van der Waals surface area contributed by atoms with Crippen LogP contribution in [0.1, 0.15) is 15.9 Å². The van der Waals surface area contributed by atoms with Gasteiger partial charge in [0.2, 0.25) is 0 Å². The lowest BCUT2D eigenvalue weighted by Crippen LogP contribution is -2.08. The quantitative estimate of drug-likeness (QED) is 0.623. The zero-order valence-corrected chi connectivity index (χ0v) is 9.39. The van der Waals surface area contributed by atoms with Gasteiger partial charge in [-0.05, 0) is 17.7 Å². The van der Waals surface area contributed by atoms with E-state index in [2.05, 4.69) is 0 Å². The maximum atomic E-state index is 12.1. The van der Waals surface area contributed by atoms with E-state index in [0.29, 0.717) is 23.4 Å². The van der Waals surface area contributed by atoms with E-state index in [1.807, 2.05) is 30.3 Å². The highest BCUT2D eigenvalue weighted by molar-refractivity contribution is 6.03. The van der Waals surface area contributed by atoms with E-state index < -0.39 is 0 Å². The second-order valence-corrected chi connectivity index (χ2v) is 3.89. The lowest BCUT2D eigenvalue weighted by atomic mass is 10.0. The van der Waals surface area contributed by atoms with E-state index in [4.69, 9.17) is 11.5 Å². The maximum absolute atomic E-state index is 12.1. The molecule has 0 aromatic heterocycles. The summed E-state index contributed by atoms with van der Waals surface area (Å²) >= 11 is 0. The molecule has 0 bridgehead atoms. The van der Waals surface area contributed by atoms with Gasteiger partial charge in [0.1, 0.15) is 0 Å². The largest absolute Gasteiger partial charge is 0.397 e. The molecular formula is C14H14N2O. The topological polar surface area (TPSA) is 69.1 Å². The number of para-hydroxylation sites is 1. The van der Waals surface area contributed by atoms with E-state index >= 15 is 0 Å². The normalized spacial score (nSPS) is 10.1. The molecule has 0 saturated heterocycles. The van der Waals surface area contributed by atoms with Crippen LogP contribution in [0.5, 0.6) is 0 Å². The molecule has 2 aromatic rings. The molecule has 4 N–H and O–H groups in total. The number of carbonyl (C=O) groups is 1. The van der Waals surface area contributed by atoms with Crippen LogP contribution in [-0.2, 0) is 6.42 Å². The van der Waals surface area contributed by atoms with Crippen molar-refractivity contribution in [2.75, 3.05) is 11.5 Å². The zero-order valence-electron chi connectivity index (χ0n) is 9.39. The van der Waals surface area contributed by atoms with Crippen LogP contribution in [-0.4, -0.2) is 5.78 Å². The van der Waals surface area contributed by atoms with Gasteiger partial charge in [0.25, 0.3) is 0 Å². The number of ketones is 1. The van der Waals surface area contributed by atoms with E-state index in [1.54, 1.807) is 18.2 Å². The zero-order chi connectivity index (χ0) is 12.3. The number of rotatable bonds is 3. The monoisotopic (exact) mass is 226 g/mol. The number of nitrogen functional groups attached to an aromatic ring is 2. The molecule has 0 spiro atoms. The van der Waals surface area contributed by atoms with Gasteiger partial charge in [-0.3, -0.25) is 4.79 Å². The van der Waals surface area contributed by atoms with Gasteiger partial charge in [-0.2, -0.15) is 0 Å². The minimum Gasteiger partial charge on any atom is -0.397 e. The average molecular weight is 226 g/mol. The third kappa shape index (κ3) is 2.45. The smallest absolute Gasteiger partial charge is 0.169 e. The van der Waals surface area contributed by atoms with Crippen LogP contribution in [0.25, 0.3) is 0 Å². The summed E-state index contributed by atoms with van der Waals surface area (Å²) in [6.07, 6.45) is 0.342. The fourth-order valence-electron chi connectivity index (χ4n) is 1.70. The van der Waals surface area contributed by atoms with E-state index in [9.17, 15) is 4.79 Å². The molecule has 0 aliphatic rings. The highest BCUT2D eigenvalue weighted by atomic mass is 16.1. The van der Waals surface area contributed by atoms with Gasteiger partial charge in [-0.1, -0.05) is 36.4 Å². The summed E-state index contributed by atoms with van der Waals surface area (Å²) in [5.74, 6) is -0.0130. The first kappa shape index (κ1) is 11.2. The van der Waals surface area contributed by atoms with Crippen LogP contribution in [0.4, 0.5) is 11.4 Å². The van der Waals surface area contributed by atoms with Gasteiger partial charge in [-0.15, -0.1) is 0 Å². The number of anilines is 2. The van der Waals surface area contributed by atoms with Crippen molar-refractivity contribution in [2.24, 2.45) is 0 Å². The molecule has 0 atom stereocenters. The number of hydrogen-bond acceptors (Lipinski definition) is 3. The Morgan fingerprint density at radius 1 is 0.941 bits per heavy atom. The molecule has 0 aliphatic carbocycles. The average Bonchev–Trinajstić information content (AvgIpc) is 2.34. The predicted octanol–water partition coefficient (Wildman–Crippen LogP) is 2.28. The number of Topliss-reactive ketones (excluding diaryl/α,β-unsaturated/α-hetero) is 1. The van der Waals surface area contributed by atoms with Crippen molar-refractivity contribution < 1.29 is 4.79 Å². The SMILES string of the molecule is Nc1cccc(C(=O)Cc2ccccc2)c1N. The molecule has 2 rings (SSSR count). The maximum Gasteiger partial charge on any atom is 0.169 e. The first-order chi connectivity index (χ1) is 8.18. The highest BCUT2D eigenvalue weighted by Gasteiger charge is 2.11. The van der Waals surface area contributed by atoms with Crippen molar-refractivity contribution in [2.45, 2.75) is 6.42 Å². The van der Waals surface area contributed by atoms with Gasteiger partial charge in [-0.25, -0.2) is 0 Å². The molecule has 17 heavy (non-hydrogen) atoms. The fourth-order valence-corrected chi connectivity index (χ4v) is 1.70. The predicted molar refractivity (Wildman–Crippen MR) is 69.7 cm³/mol. The Morgan fingerprint density at radius 3 is 2.35 bits per heavy atom. The first-order valence-corrected chi connectivity index (χ1v) is 5.39. The Morgan fingerprint density at radius 2 is 1.65 bits per heavy atom. The Kier molecular flexibility index (Phi) is 3.10. The van der Waals surface area contributed by atoms with Crippen LogP contribution < -0.4 is 11.5 Å². The molecule has 86 valence electrons. The van der Waals surface area contributed by atoms with Crippen molar-refractivity contribution in [1.82, 2.24) is 0 Å². The van der Waals surface area contributed by atoms with E-state index in [0.717, 1.165) is 5.56 Å². The number of carbonyl (C=O) groups excluding carboxylic acids is 1. The van der Waals surface area contributed by atoms with Crippen molar-refractivity contribution in [3.8, 4) is 0 Å². The molecule has 3 nitrogen and oxygen atoms in total. The van der Waals surface area contributed by atoms with Crippen molar-refractivity contribution in [3.05, 3.63) is 59.7 Å². The van der Waals surface area contributed by atoms with Gasteiger partial charge < -0.3 is 11.5 Å². The summed E-state index contributed by atoms with van der Waals surface area (Å²) < 4.78 is 0. The molecule has 0 radical (unpaired) electrons. The summed E-state index contributed by atoms with van der Waals surface area (Å²) in [4.78, 5) is 12.1. The first-order valence-electron chi connectivity index (χ1n) is 5.39. The third-order valence-electron chi connectivity index (χ3n) is 2.65. The van der Waals surface area contributed by atoms with E-state index in [-0.39, 0.29) is 5.78 Å². The summed E-state index contributed by atoms with van der Waals surface area (Å²) in [5, 5.41) is 0. The lowest BCUT2D eigenvalue weighted by molar-refractivity contribution is 0.0994. The molecule has 2 aromatic carbocycles. The van der Waals surface area contributed by atoms with Gasteiger partial charge in [0.15, 0.2) is 5.78 Å². The molecule has 0 unspecified atom stereocenters. The van der Waals surface area contributed by atoms with Crippen molar-refractivity contribution in [1.29, 1.82) is 0 Å². The Bertz CT molecular complexity index is 535. The number of nitrogens with two attached hydrogens (primary N) is 2. The summed E-state index contributed by atoms with van der Waals surface area (Å²) in [5.41, 5.74) is 13.7. The molecular weight excluding hydrogens is 212 g/mol. The van der Waals surface area contributed by atoms with Crippen LogP contribution in [0.15, 0.2) is 48.5 Å². The van der Waals surface area contributed by atoms with Gasteiger partial charge >= 0.3 is 0 Å². The number of hydrogen-bond donors (Lipinski definition) is 2. The summed E-state index contributed by atoms with van der Waals surface area (Å²) in [6, 6.07) is 14.7. The van der Waals surface area contributed by atoms with Crippen molar-refractivity contribution in [3.63, 3.8) is 0 Å². The molecule has 0 heterocycles. The molecule has 0 amide bonds. The van der Waals surface area contributed by atoms with Gasteiger partial charge in [0.05, 0.1) is 11.4 Å². The Balaban J connectivity index is 2.24. The lowest BCUT2D eigenvalue weighted by Gasteiger charge is -2.07. The fraction of sp³-hybridized carbons (Fsp3) is 0.0714. The standard InChI is InChI=1S/C14H14N2O/c15-12-8-4-7-11(14(12)16)13(17)9-10-5-2-1-3-6-10/h1-8H,9,15-16H2. The van der Waals surface area contributed by atoms with Crippen LogP contribution in [0, 0.1) is 0 Å². The Hall–Kier alpha value is -2.29. The minimum atomic E-state index is -0.0130.